The van der Waals surface area contributed by atoms with E-state index in [1.807, 2.05) is 22.6 Å². The number of ether oxygens (including phenoxy) is 1. The molecule has 96 valence electrons. The summed E-state index contributed by atoms with van der Waals surface area (Å²) in [7, 11) is -1.92. The van der Waals surface area contributed by atoms with Gasteiger partial charge in [-0.3, -0.25) is 0 Å². The minimum absolute atomic E-state index is 0.248. The zero-order valence-corrected chi connectivity index (χ0v) is 13.2. The Labute approximate surface area is 116 Å². The Morgan fingerprint density at radius 3 is 2.29 bits per heavy atom. The van der Waals surface area contributed by atoms with Crippen molar-refractivity contribution in [2.24, 2.45) is 0 Å². The summed E-state index contributed by atoms with van der Waals surface area (Å²) in [5, 5.41) is 0. The normalized spacial score (nSPS) is 12.5. The molecule has 0 bridgehead atoms. The fourth-order valence-electron chi connectivity index (χ4n) is 1.28. The summed E-state index contributed by atoms with van der Waals surface area (Å²) in [4.78, 5) is 0.248. The van der Waals surface area contributed by atoms with Crippen molar-refractivity contribution in [3.05, 3.63) is 21.8 Å². The first kappa shape index (κ1) is 14.7. The summed E-state index contributed by atoms with van der Waals surface area (Å²) < 4.78 is 32.5. The van der Waals surface area contributed by atoms with E-state index in [1.54, 1.807) is 40.0 Å². The lowest BCUT2D eigenvalue weighted by molar-refractivity contribution is 0.411. The van der Waals surface area contributed by atoms with Gasteiger partial charge in [-0.15, -0.1) is 0 Å². The highest BCUT2D eigenvalue weighted by molar-refractivity contribution is 14.1. The second-order valence-corrected chi connectivity index (χ2v) is 7.50. The van der Waals surface area contributed by atoms with Crippen LogP contribution in [0.3, 0.4) is 0 Å². The highest BCUT2D eigenvalue weighted by Crippen LogP contribution is 2.24. The molecule has 0 atom stereocenters. The van der Waals surface area contributed by atoms with Gasteiger partial charge >= 0.3 is 0 Å². The van der Waals surface area contributed by atoms with Gasteiger partial charge in [-0.1, -0.05) is 0 Å². The molecular formula is C11H16INO3S. The van der Waals surface area contributed by atoms with Crippen LogP contribution in [0.25, 0.3) is 0 Å². The van der Waals surface area contributed by atoms with Crippen LogP contribution in [-0.4, -0.2) is 21.1 Å². The van der Waals surface area contributed by atoms with Crippen LogP contribution < -0.4 is 9.46 Å². The Hall–Kier alpha value is -0.340. The molecule has 0 amide bonds. The number of rotatable bonds is 3. The first-order chi connectivity index (χ1) is 7.65. The highest BCUT2D eigenvalue weighted by atomic mass is 127. The number of nitrogens with one attached hydrogen (secondary N) is 1. The van der Waals surface area contributed by atoms with Crippen LogP contribution >= 0.6 is 22.6 Å². The molecule has 0 fully saturated rings. The van der Waals surface area contributed by atoms with Gasteiger partial charge in [0.25, 0.3) is 0 Å². The van der Waals surface area contributed by atoms with Crippen molar-refractivity contribution in [1.29, 1.82) is 0 Å². The second-order valence-electron chi connectivity index (χ2n) is 4.65. The minimum Gasteiger partial charge on any atom is -0.496 e. The summed E-state index contributed by atoms with van der Waals surface area (Å²) in [6.07, 6.45) is 0. The standard InChI is InChI=1S/C11H16INO3S/c1-11(2,3)13-17(14,15)8-5-6-10(16-4)9(12)7-8/h5-7,13H,1-4H3. The predicted molar refractivity (Wildman–Crippen MR) is 75.8 cm³/mol. The van der Waals surface area contributed by atoms with Crippen molar-refractivity contribution in [2.75, 3.05) is 7.11 Å². The smallest absolute Gasteiger partial charge is 0.241 e. The number of halogens is 1. The zero-order valence-electron chi connectivity index (χ0n) is 10.2. The molecule has 1 N–H and O–H groups in total. The summed E-state index contributed by atoms with van der Waals surface area (Å²) in [5.41, 5.74) is -0.496. The monoisotopic (exact) mass is 369 g/mol. The summed E-state index contributed by atoms with van der Waals surface area (Å²) in [6.45, 7) is 5.41. The average Bonchev–Trinajstić information content (AvgIpc) is 2.13. The van der Waals surface area contributed by atoms with Gasteiger partial charge in [0.1, 0.15) is 5.75 Å². The molecule has 0 heterocycles. The number of methoxy groups -OCH3 is 1. The fraction of sp³-hybridized carbons (Fsp3) is 0.455. The molecule has 0 unspecified atom stereocenters. The molecule has 1 rings (SSSR count). The van der Waals surface area contributed by atoms with Crippen LogP contribution in [0.15, 0.2) is 23.1 Å². The maximum absolute atomic E-state index is 12.0. The van der Waals surface area contributed by atoms with Crippen LogP contribution in [0.2, 0.25) is 0 Å². The molecule has 1 aromatic rings. The molecule has 0 radical (unpaired) electrons. The fourth-order valence-corrected chi connectivity index (χ4v) is 3.67. The van der Waals surface area contributed by atoms with Gasteiger partial charge in [0.2, 0.25) is 10.0 Å². The number of benzene rings is 1. The molecule has 0 saturated carbocycles. The van der Waals surface area contributed by atoms with Gasteiger partial charge < -0.3 is 4.74 Å². The van der Waals surface area contributed by atoms with Gasteiger partial charge in [-0.05, 0) is 61.6 Å². The maximum atomic E-state index is 12.0. The zero-order chi connectivity index (χ0) is 13.3. The summed E-state index contributed by atoms with van der Waals surface area (Å²) in [6, 6.07) is 4.78. The third kappa shape index (κ3) is 4.11. The van der Waals surface area contributed by atoms with E-state index in [0.717, 1.165) is 3.57 Å². The average molecular weight is 369 g/mol. The molecular weight excluding hydrogens is 353 g/mol. The van der Waals surface area contributed by atoms with E-state index in [0.29, 0.717) is 5.75 Å². The number of hydrogen-bond acceptors (Lipinski definition) is 3. The number of hydrogen-bond donors (Lipinski definition) is 1. The van der Waals surface area contributed by atoms with Crippen LogP contribution in [-0.2, 0) is 10.0 Å². The van der Waals surface area contributed by atoms with Crippen LogP contribution in [0.1, 0.15) is 20.8 Å². The van der Waals surface area contributed by atoms with Crippen molar-refractivity contribution >= 4 is 32.6 Å². The van der Waals surface area contributed by atoms with Crippen molar-refractivity contribution in [1.82, 2.24) is 4.72 Å². The van der Waals surface area contributed by atoms with Crippen molar-refractivity contribution < 1.29 is 13.2 Å². The lowest BCUT2D eigenvalue weighted by Crippen LogP contribution is -2.40. The molecule has 1 aromatic carbocycles. The third-order valence-corrected chi connectivity index (χ3v) is 4.47. The maximum Gasteiger partial charge on any atom is 0.241 e. The lowest BCUT2D eigenvalue weighted by Gasteiger charge is -2.20. The Kier molecular flexibility index (Phi) is 4.43. The largest absolute Gasteiger partial charge is 0.496 e. The van der Waals surface area contributed by atoms with Crippen molar-refractivity contribution in [3.63, 3.8) is 0 Å². The predicted octanol–water partition coefficient (Wildman–Crippen LogP) is 2.38. The number of sulfonamides is 1. The topological polar surface area (TPSA) is 55.4 Å². The molecule has 0 aliphatic carbocycles. The van der Waals surface area contributed by atoms with Crippen LogP contribution in [0.4, 0.5) is 0 Å². The highest BCUT2D eigenvalue weighted by Gasteiger charge is 2.22. The first-order valence-electron chi connectivity index (χ1n) is 5.03. The van der Waals surface area contributed by atoms with E-state index in [9.17, 15) is 8.42 Å². The van der Waals surface area contributed by atoms with E-state index < -0.39 is 15.6 Å². The third-order valence-electron chi connectivity index (χ3n) is 1.87. The molecule has 4 nitrogen and oxygen atoms in total. The van der Waals surface area contributed by atoms with Crippen LogP contribution in [0.5, 0.6) is 5.75 Å². The minimum atomic E-state index is -3.48. The quantitative estimate of drug-likeness (QED) is 0.833. The molecule has 0 spiro atoms. The first-order valence-corrected chi connectivity index (χ1v) is 7.59. The summed E-state index contributed by atoms with van der Waals surface area (Å²) in [5.74, 6) is 0.667. The van der Waals surface area contributed by atoms with E-state index in [-0.39, 0.29) is 4.90 Å². The van der Waals surface area contributed by atoms with Gasteiger partial charge in [-0.25, -0.2) is 13.1 Å². The Balaban J connectivity index is 3.13. The Morgan fingerprint density at radius 2 is 1.88 bits per heavy atom. The molecule has 17 heavy (non-hydrogen) atoms. The molecule has 0 aliphatic rings. The molecule has 0 saturated heterocycles. The van der Waals surface area contributed by atoms with Crippen molar-refractivity contribution in [3.8, 4) is 5.75 Å². The SMILES string of the molecule is COc1ccc(S(=O)(=O)NC(C)(C)C)cc1I. The Bertz CT molecular complexity index is 506. The van der Waals surface area contributed by atoms with Gasteiger partial charge in [0, 0.05) is 5.54 Å². The van der Waals surface area contributed by atoms with E-state index in [1.165, 1.54) is 6.07 Å². The van der Waals surface area contributed by atoms with Gasteiger partial charge in [-0.2, -0.15) is 0 Å². The van der Waals surface area contributed by atoms with Gasteiger partial charge in [0.05, 0.1) is 15.6 Å². The van der Waals surface area contributed by atoms with E-state index in [4.69, 9.17) is 4.74 Å². The van der Waals surface area contributed by atoms with E-state index >= 15 is 0 Å². The Morgan fingerprint density at radius 1 is 1.29 bits per heavy atom. The lowest BCUT2D eigenvalue weighted by atomic mass is 10.1. The van der Waals surface area contributed by atoms with Gasteiger partial charge in [0.15, 0.2) is 0 Å². The molecule has 0 aliphatic heterocycles. The summed E-state index contributed by atoms with van der Waals surface area (Å²) >= 11 is 2.05. The van der Waals surface area contributed by atoms with E-state index in [2.05, 4.69) is 4.72 Å². The van der Waals surface area contributed by atoms with Crippen LogP contribution in [0, 0.1) is 3.57 Å². The second kappa shape index (κ2) is 5.11. The molecule has 0 aromatic heterocycles. The molecule has 6 heteroatoms. The van der Waals surface area contributed by atoms with Crippen molar-refractivity contribution in [2.45, 2.75) is 31.2 Å².